The van der Waals surface area contributed by atoms with Crippen LogP contribution in [-0.4, -0.2) is 43.0 Å². The van der Waals surface area contributed by atoms with Crippen molar-refractivity contribution in [3.63, 3.8) is 0 Å². The summed E-state index contributed by atoms with van der Waals surface area (Å²) in [4.78, 5) is 4.01. The molecule has 2 N–H and O–H groups in total. The number of hydrogen-bond donors (Lipinski definition) is 1. The number of aromatic nitrogens is 1. The topological polar surface area (TPSA) is 85.5 Å². The van der Waals surface area contributed by atoms with E-state index in [-0.39, 0.29) is 17.2 Å². The second kappa shape index (κ2) is 5.54. The second-order valence-electron chi connectivity index (χ2n) is 4.78. The van der Waals surface area contributed by atoms with E-state index in [1.807, 2.05) is 13.8 Å². The highest BCUT2D eigenvalue weighted by Crippen LogP contribution is 2.21. The summed E-state index contributed by atoms with van der Waals surface area (Å²) in [5.41, 5.74) is 6.28. The van der Waals surface area contributed by atoms with E-state index in [1.54, 1.807) is 6.07 Å². The van der Waals surface area contributed by atoms with Crippen LogP contribution in [0.5, 0.6) is 0 Å². The normalized spacial score (nSPS) is 25.4. The summed E-state index contributed by atoms with van der Waals surface area (Å²) >= 11 is 0. The van der Waals surface area contributed by atoms with Crippen molar-refractivity contribution >= 4 is 10.0 Å². The minimum atomic E-state index is -3.57. The first-order valence-electron chi connectivity index (χ1n) is 6.23. The van der Waals surface area contributed by atoms with E-state index in [0.29, 0.717) is 19.7 Å². The van der Waals surface area contributed by atoms with E-state index in [4.69, 9.17) is 10.5 Å². The summed E-state index contributed by atoms with van der Waals surface area (Å²) in [6, 6.07) is 3.01. The molecule has 0 saturated carbocycles. The monoisotopic (exact) mass is 285 g/mol. The van der Waals surface area contributed by atoms with Crippen LogP contribution >= 0.6 is 0 Å². The summed E-state index contributed by atoms with van der Waals surface area (Å²) in [5.74, 6) is 0. The van der Waals surface area contributed by atoms with Crippen LogP contribution in [0.25, 0.3) is 0 Å². The predicted molar refractivity (Wildman–Crippen MR) is 70.9 cm³/mol. The number of ether oxygens (including phenoxy) is 1. The number of nitrogens with zero attached hydrogens (tertiary/aromatic N) is 2. The molecule has 2 rings (SSSR count). The Morgan fingerprint density at radius 2 is 2.21 bits per heavy atom. The molecule has 2 unspecified atom stereocenters. The van der Waals surface area contributed by atoms with Crippen molar-refractivity contribution in [1.82, 2.24) is 9.29 Å². The summed E-state index contributed by atoms with van der Waals surface area (Å²) < 4.78 is 31.9. The largest absolute Gasteiger partial charge is 0.375 e. The lowest BCUT2D eigenvalue weighted by atomic mass is 10.2. The molecule has 2 atom stereocenters. The molecule has 1 saturated heterocycles. The fraction of sp³-hybridized carbons (Fsp3) is 0.583. The molecule has 106 valence electrons. The van der Waals surface area contributed by atoms with Gasteiger partial charge in [-0.3, -0.25) is 0 Å². The maximum atomic E-state index is 12.5. The quantitative estimate of drug-likeness (QED) is 0.865. The Morgan fingerprint density at radius 1 is 1.47 bits per heavy atom. The molecule has 2 heterocycles. The third-order valence-electron chi connectivity index (χ3n) is 3.16. The van der Waals surface area contributed by atoms with Crippen molar-refractivity contribution in [2.45, 2.75) is 37.6 Å². The molecule has 0 aliphatic carbocycles. The van der Waals surface area contributed by atoms with Crippen molar-refractivity contribution < 1.29 is 13.2 Å². The van der Waals surface area contributed by atoms with E-state index in [2.05, 4.69) is 4.98 Å². The van der Waals surface area contributed by atoms with Crippen LogP contribution < -0.4 is 5.73 Å². The third-order valence-corrected chi connectivity index (χ3v) is 5.05. The lowest BCUT2D eigenvalue weighted by Gasteiger charge is -2.35. The Kier molecular flexibility index (Phi) is 4.19. The van der Waals surface area contributed by atoms with Gasteiger partial charge >= 0.3 is 0 Å². The molecule has 1 aromatic heterocycles. The fourth-order valence-corrected chi connectivity index (χ4v) is 3.62. The number of morpholine rings is 1. The number of nitrogens with two attached hydrogens (primary N) is 1. The summed E-state index contributed by atoms with van der Waals surface area (Å²) in [6.45, 7) is 4.79. The van der Waals surface area contributed by atoms with Gasteiger partial charge in [0.15, 0.2) is 5.03 Å². The van der Waals surface area contributed by atoms with E-state index in [1.165, 1.54) is 16.6 Å². The molecule has 0 aromatic carbocycles. The number of pyridine rings is 1. The minimum absolute atomic E-state index is 0.0608. The van der Waals surface area contributed by atoms with E-state index in [0.717, 1.165) is 5.56 Å². The zero-order valence-electron chi connectivity index (χ0n) is 11.1. The Labute approximate surface area is 113 Å². The molecule has 1 aromatic rings. The van der Waals surface area contributed by atoms with Crippen LogP contribution in [0, 0.1) is 0 Å². The maximum absolute atomic E-state index is 12.5. The first kappa shape index (κ1) is 14.4. The molecule has 6 nitrogen and oxygen atoms in total. The van der Waals surface area contributed by atoms with Crippen molar-refractivity contribution in [2.24, 2.45) is 5.73 Å². The zero-order valence-corrected chi connectivity index (χ0v) is 11.9. The van der Waals surface area contributed by atoms with Crippen LogP contribution in [-0.2, 0) is 21.3 Å². The first-order chi connectivity index (χ1) is 8.95. The van der Waals surface area contributed by atoms with Crippen molar-refractivity contribution in [2.75, 3.05) is 13.2 Å². The minimum Gasteiger partial charge on any atom is -0.375 e. The highest BCUT2D eigenvalue weighted by molar-refractivity contribution is 7.89. The van der Waals surface area contributed by atoms with Gasteiger partial charge in [-0.2, -0.15) is 4.31 Å². The summed E-state index contributed by atoms with van der Waals surface area (Å²) in [5, 5.41) is 0.0608. The third kappa shape index (κ3) is 2.94. The van der Waals surface area contributed by atoms with Gasteiger partial charge in [-0.25, -0.2) is 13.4 Å². The Morgan fingerprint density at radius 3 is 2.79 bits per heavy atom. The van der Waals surface area contributed by atoms with Gasteiger partial charge in [-0.05, 0) is 25.5 Å². The molecule has 1 aliphatic rings. The Hall–Kier alpha value is -1.02. The average molecular weight is 285 g/mol. The van der Waals surface area contributed by atoms with Gasteiger partial charge in [0.05, 0.1) is 12.7 Å². The SMILES string of the molecule is CC1CN(S(=O)(=O)c2ccc(CN)cn2)C(C)CO1. The molecular formula is C12H19N3O3S. The second-order valence-corrected chi connectivity index (χ2v) is 6.61. The molecule has 7 heteroatoms. The molecule has 1 fully saturated rings. The smallest absolute Gasteiger partial charge is 0.260 e. The molecule has 1 aliphatic heterocycles. The molecule has 0 bridgehead atoms. The standard InChI is InChI=1S/C12H19N3O3S/c1-9-8-18-10(2)7-15(9)19(16,17)12-4-3-11(5-13)6-14-12/h3-4,6,9-10H,5,7-8,13H2,1-2H3. The van der Waals surface area contributed by atoms with Crippen molar-refractivity contribution in [3.8, 4) is 0 Å². The molecule has 0 amide bonds. The Balaban J connectivity index is 2.29. The van der Waals surface area contributed by atoms with Gasteiger partial charge in [-0.1, -0.05) is 6.07 Å². The van der Waals surface area contributed by atoms with Crippen LogP contribution in [0.2, 0.25) is 0 Å². The van der Waals surface area contributed by atoms with Crippen molar-refractivity contribution in [3.05, 3.63) is 23.9 Å². The molecular weight excluding hydrogens is 266 g/mol. The number of rotatable bonds is 3. The Bertz CT molecular complexity index is 530. The van der Waals surface area contributed by atoms with Gasteiger partial charge in [0, 0.05) is 25.3 Å². The molecule has 0 radical (unpaired) electrons. The zero-order chi connectivity index (χ0) is 14.0. The predicted octanol–water partition coefficient (Wildman–Crippen LogP) is 0.338. The van der Waals surface area contributed by atoms with Crippen LogP contribution in [0.3, 0.4) is 0 Å². The lowest BCUT2D eigenvalue weighted by molar-refractivity contribution is -0.0171. The van der Waals surface area contributed by atoms with Gasteiger partial charge in [0.25, 0.3) is 10.0 Å². The lowest BCUT2D eigenvalue weighted by Crippen LogP contribution is -2.50. The van der Waals surface area contributed by atoms with E-state index >= 15 is 0 Å². The van der Waals surface area contributed by atoms with E-state index in [9.17, 15) is 8.42 Å². The summed E-state index contributed by atoms with van der Waals surface area (Å²) in [7, 11) is -3.57. The highest BCUT2D eigenvalue weighted by atomic mass is 32.2. The highest BCUT2D eigenvalue weighted by Gasteiger charge is 2.34. The van der Waals surface area contributed by atoms with Crippen LogP contribution in [0.4, 0.5) is 0 Å². The van der Waals surface area contributed by atoms with Gasteiger partial charge < -0.3 is 10.5 Å². The fourth-order valence-electron chi connectivity index (χ4n) is 2.01. The maximum Gasteiger partial charge on any atom is 0.260 e. The molecule has 19 heavy (non-hydrogen) atoms. The van der Waals surface area contributed by atoms with Crippen molar-refractivity contribution in [1.29, 1.82) is 0 Å². The summed E-state index contributed by atoms with van der Waals surface area (Å²) in [6.07, 6.45) is 1.40. The average Bonchev–Trinajstić information content (AvgIpc) is 2.41. The molecule has 0 spiro atoms. The van der Waals surface area contributed by atoms with E-state index < -0.39 is 10.0 Å². The number of sulfonamides is 1. The number of hydrogen-bond acceptors (Lipinski definition) is 5. The van der Waals surface area contributed by atoms with Gasteiger partial charge in [-0.15, -0.1) is 0 Å². The van der Waals surface area contributed by atoms with Gasteiger partial charge in [0.2, 0.25) is 0 Å². The first-order valence-corrected chi connectivity index (χ1v) is 7.67. The van der Waals surface area contributed by atoms with Gasteiger partial charge in [0.1, 0.15) is 0 Å². The van der Waals surface area contributed by atoms with Crippen LogP contribution in [0.15, 0.2) is 23.4 Å². The van der Waals surface area contributed by atoms with Crippen LogP contribution in [0.1, 0.15) is 19.4 Å².